The van der Waals surface area contributed by atoms with Crippen molar-refractivity contribution < 1.29 is 0 Å². The van der Waals surface area contributed by atoms with E-state index in [-0.39, 0.29) is 6.04 Å². The van der Waals surface area contributed by atoms with E-state index in [1.165, 1.54) is 22.3 Å². The molecule has 27 heavy (non-hydrogen) atoms. The van der Waals surface area contributed by atoms with Gasteiger partial charge in [-0.15, -0.1) is 0 Å². The highest BCUT2D eigenvalue weighted by atomic mass is 15.2. The van der Waals surface area contributed by atoms with Crippen LogP contribution in [0.5, 0.6) is 0 Å². The van der Waals surface area contributed by atoms with Crippen LogP contribution < -0.4 is 0 Å². The number of hydrogen-bond donors (Lipinski definition) is 0. The normalized spacial score (nSPS) is 17.4. The third-order valence-corrected chi connectivity index (χ3v) is 5.90. The van der Waals surface area contributed by atoms with E-state index >= 15 is 0 Å². The summed E-state index contributed by atoms with van der Waals surface area (Å²) >= 11 is 0. The molecular formula is C22H33N5. The van der Waals surface area contributed by atoms with E-state index in [9.17, 15) is 0 Å². The van der Waals surface area contributed by atoms with Crippen molar-refractivity contribution in [3.05, 3.63) is 58.7 Å². The smallest absolute Gasteiger partial charge is 0.115 e. The van der Waals surface area contributed by atoms with Gasteiger partial charge in [0.1, 0.15) is 6.33 Å². The van der Waals surface area contributed by atoms with Crippen LogP contribution in [0.15, 0.2) is 30.7 Å². The van der Waals surface area contributed by atoms with Gasteiger partial charge >= 0.3 is 0 Å². The minimum atomic E-state index is 0.259. The molecule has 5 nitrogen and oxygen atoms in total. The molecular weight excluding hydrogens is 334 g/mol. The number of rotatable bonds is 6. The molecule has 0 N–H and O–H groups in total. The molecule has 146 valence electrons. The van der Waals surface area contributed by atoms with Gasteiger partial charge in [0.05, 0.1) is 5.69 Å². The molecule has 3 rings (SSSR count). The highest BCUT2D eigenvalue weighted by molar-refractivity contribution is 5.37. The first kappa shape index (κ1) is 19.9. The molecule has 0 aliphatic carbocycles. The molecule has 1 saturated heterocycles. The third kappa shape index (κ3) is 5.12. The Balaban J connectivity index is 1.71. The lowest BCUT2D eigenvalue weighted by Crippen LogP contribution is -2.44. The fourth-order valence-electron chi connectivity index (χ4n) is 3.72. The molecule has 1 atom stereocenters. The molecule has 2 aromatic rings. The second-order valence-electron chi connectivity index (χ2n) is 8.01. The molecule has 1 aliphatic rings. The van der Waals surface area contributed by atoms with Crippen molar-refractivity contribution in [2.45, 2.75) is 39.9 Å². The molecule has 1 fully saturated rings. The molecule has 2 heterocycles. The van der Waals surface area contributed by atoms with Crippen molar-refractivity contribution in [2.24, 2.45) is 0 Å². The van der Waals surface area contributed by atoms with E-state index in [0.29, 0.717) is 0 Å². The van der Waals surface area contributed by atoms with Crippen LogP contribution in [0, 0.1) is 13.8 Å². The molecule has 0 saturated carbocycles. The lowest BCUT2D eigenvalue weighted by atomic mass is 9.98. The van der Waals surface area contributed by atoms with Gasteiger partial charge < -0.3 is 4.90 Å². The Hall–Kier alpha value is -1.82. The van der Waals surface area contributed by atoms with Crippen LogP contribution in [-0.4, -0.2) is 64.9 Å². The van der Waals surface area contributed by atoms with Gasteiger partial charge in [-0.3, -0.25) is 9.80 Å². The highest BCUT2D eigenvalue weighted by Gasteiger charge is 2.17. The van der Waals surface area contributed by atoms with Gasteiger partial charge in [0.15, 0.2) is 0 Å². The largest absolute Gasteiger partial charge is 0.304 e. The van der Waals surface area contributed by atoms with Crippen molar-refractivity contribution in [1.29, 1.82) is 0 Å². The summed E-state index contributed by atoms with van der Waals surface area (Å²) in [4.78, 5) is 15.8. The summed E-state index contributed by atoms with van der Waals surface area (Å²) in [6.07, 6.45) is 3.45. The zero-order chi connectivity index (χ0) is 19.4. The fraction of sp³-hybridized carbons (Fsp3) is 0.545. The first-order valence-electron chi connectivity index (χ1n) is 9.90. The Morgan fingerprint density at radius 3 is 2.44 bits per heavy atom. The maximum atomic E-state index is 4.42. The number of piperazine rings is 1. The Labute approximate surface area is 164 Å². The molecule has 0 radical (unpaired) electrons. The number of aromatic nitrogens is 2. The van der Waals surface area contributed by atoms with Gasteiger partial charge in [-0.2, -0.15) is 0 Å². The summed E-state index contributed by atoms with van der Waals surface area (Å²) in [5.74, 6) is 0. The van der Waals surface area contributed by atoms with E-state index < -0.39 is 0 Å². The number of hydrogen-bond acceptors (Lipinski definition) is 5. The van der Waals surface area contributed by atoms with Gasteiger partial charge in [-0.1, -0.05) is 12.1 Å². The third-order valence-electron chi connectivity index (χ3n) is 5.90. The molecule has 1 aliphatic heterocycles. The highest BCUT2D eigenvalue weighted by Crippen LogP contribution is 2.23. The monoisotopic (exact) mass is 367 g/mol. The molecule has 0 unspecified atom stereocenters. The number of likely N-dealkylation sites (N-methyl/N-ethyl adjacent to an activating group) is 1. The second kappa shape index (κ2) is 8.91. The van der Waals surface area contributed by atoms with Gasteiger partial charge in [-0.05, 0) is 63.2 Å². The average Bonchev–Trinajstić information content (AvgIpc) is 2.67. The first-order chi connectivity index (χ1) is 12.9. The summed E-state index contributed by atoms with van der Waals surface area (Å²) in [6.45, 7) is 13.3. The van der Waals surface area contributed by atoms with Crippen LogP contribution in [0.25, 0.3) is 0 Å². The van der Waals surface area contributed by atoms with Gasteiger partial charge in [-0.25, -0.2) is 9.97 Å². The van der Waals surface area contributed by atoms with Gasteiger partial charge in [0.2, 0.25) is 0 Å². The number of aryl methyl sites for hydroxylation is 2. The maximum Gasteiger partial charge on any atom is 0.115 e. The molecule has 0 bridgehead atoms. The summed E-state index contributed by atoms with van der Waals surface area (Å²) in [5, 5.41) is 0. The van der Waals surface area contributed by atoms with Crippen molar-refractivity contribution in [3.63, 3.8) is 0 Å². The van der Waals surface area contributed by atoms with Gasteiger partial charge in [0.25, 0.3) is 0 Å². The summed E-state index contributed by atoms with van der Waals surface area (Å²) in [7, 11) is 4.38. The van der Waals surface area contributed by atoms with E-state index in [1.54, 1.807) is 6.33 Å². The molecule has 1 aromatic heterocycles. The molecule has 0 amide bonds. The topological polar surface area (TPSA) is 35.5 Å². The maximum absolute atomic E-state index is 4.42. The van der Waals surface area contributed by atoms with E-state index in [4.69, 9.17) is 0 Å². The van der Waals surface area contributed by atoms with Gasteiger partial charge in [0, 0.05) is 51.5 Å². The van der Waals surface area contributed by atoms with Crippen LogP contribution >= 0.6 is 0 Å². The quantitative estimate of drug-likeness (QED) is 0.784. The van der Waals surface area contributed by atoms with Crippen molar-refractivity contribution in [2.75, 3.05) is 40.3 Å². The van der Waals surface area contributed by atoms with Crippen LogP contribution in [0.4, 0.5) is 0 Å². The Morgan fingerprint density at radius 1 is 1.07 bits per heavy atom. The Kier molecular flexibility index (Phi) is 6.58. The second-order valence-corrected chi connectivity index (χ2v) is 8.01. The zero-order valence-corrected chi connectivity index (χ0v) is 17.4. The van der Waals surface area contributed by atoms with E-state index in [0.717, 1.165) is 45.0 Å². The summed E-state index contributed by atoms with van der Waals surface area (Å²) < 4.78 is 0. The number of nitrogens with zero attached hydrogens (tertiary/aromatic N) is 5. The minimum absolute atomic E-state index is 0.259. The predicted octanol–water partition coefficient (Wildman–Crippen LogP) is 3.03. The predicted molar refractivity (Wildman–Crippen MR) is 111 cm³/mol. The summed E-state index contributed by atoms with van der Waals surface area (Å²) in [5.41, 5.74) is 6.71. The lowest BCUT2D eigenvalue weighted by Gasteiger charge is -2.33. The Bertz CT molecular complexity index is 738. The average molecular weight is 368 g/mol. The lowest BCUT2D eigenvalue weighted by molar-refractivity contribution is 0.148. The van der Waals surface area contributed by atoms with Crippen molar-refractivity contribution in [1.82, 2.24) is 24.7 Å². The van der Waals surface area contributed by atoms with E-state index in [1.807, 2.05) is 12.3 Å². The summed E-state index contributed by atoms with van der Waals surface area (Å²) in [6, 6.07) is 7.03. The standard InChI is InChI=1S/C22H33N5/c1-17-12-18(2)21(15-27-10-8-25(4)9-11-27)13-20(17)14-26(5)19(3)22-6-7-23-16-24-22/h6-7,12-13,16,19H,8-11,14-15H2,1-5H3/t19-/m0/s1. The van der Waals surface area contributed by atoms with Crippen molar-refractivity contribution >= 4 is 0 Å². The van der Waals surface area contributed by atoms with Crippen LogP contribution in [0.1, 0.15) is 40.9 Å². The fourth-order valence-corrected chi connectivity index (χ4v) is 3.72. The van der Waals surface area contributed by atoms with Crippen LogP contribution in [-0.2, 0) is 13.1 Å². The molecule has 1 aromatic carbocycles. The SMILES string of the molecule is Cc1cc(C)c(CN(C)[C@@H](C)c2ccncn2)cc1CN1CCN(C)CC1. The van der Waals surface area contributed by atoms with E-state index in [2.05, 4.69) is 71.7 Å². The van der Waals surface area contributed by atoms with Crippen molar-refractivity contribution in [3.8, 4) is 0 Å². The zero-order valence-electron chi connectivity index (χ0n) is 17.4. The van der Waals surface area contributed by atoms with Crippen LogP contribution in [0.2, 0.25) is 0 Å². The first-order valence-corrected chi connectivity index (χ1v) is 9.90. The molecule has 5 heteroatoms. The number of benzene rings is 1. The molecule has 0 spiro atoms. The van der Waals surface area contributed by atoms with Crippen LogP contribution in [0.3, 0.4) is 0 Å². The Morgan fingerprint density at radius 2 is 1.78 bits per heavy atom. The minimum Gasteiger partial charge on any atom is -0.304 e.